The van der Waals surface area contributed by atoms with E-state index in [1.807, 2.05) is 0 Å². The molecule has 1 heterocycles. The highest BCUT2D eigenvalue weighted by Crippen LogP contribution is 2.58. The molecule has 0 spiro atoms. The number of carbonyl (C=O) groups is 1. The highest BCUT2D eigenvalue weighted by molar-refractivity contribution is 5.92. The minimum Gasteiger partial charge on any atom is -0.439 e. The standard InChI is InChI=1S/C17H16F2N2O2/c1-16(18,19)17(8-9-17)12-3-5-13(6-4-12)23-14-7-2-11(10-21-14)15(20)22/h2-7,10H,8-9H2,1H3,(H2,20,22). The summed E-state index contributed by atoms with van der Waals surface area (Å²) in [5.74, 6) is -2.52. The molecule has 1 saturated carbocycles. The fourth-order valence-corrected chi connectivity index (χ4v) is 2.66. The van der Waals surface area contributed by atoms with Crippen LogP contribution in [0.4, 0.5) is 8.78 Å². The molecule has 0 saturated heterocycles. The first-order chi connectivity index (χ1) is 10.8. The number of benzene rings is 1. The van der Waals surface area contributed by atoms with Crippen molar-refractivity contribution in [3.05, 3.63) is 53.7 Å². The Morgan fingerprint density at radius 1 is 1.22 bits per heavy atom. The number of ether oxygens (including phenoxy) is 1. The number of nitrogens with zero attached hydrogens (tertiary/aromatic N) is 1. The van der Waals surface area contributed by atoms with Crippen molar-refractivity contribution >= 4 is 5.91 Å². The maximum Gasteiger partial charge on any atom is 0.254 e. The number of amides is 1. The minimum absolute atomic E-state index is 0.286. The molecular formula is C17H16F2N2O2. The smallest absolute Gasteiger partial charge is 0.254 e. The molecule has 4 nitrogen and oxygen atoms in total. The first-order valence-electron chi connectivity index (χ1n) is 7.24. The van der Waals surface area contributed by atoms with Crippen LogP contribution in [-0.4, -0.2) is 16.8 Å². The molecule has 23 heavy (non-hydrogen) atoms. The average molecular weight is 318 g/mol. The maximum absolute atomic E-state index is 13.7. The topological polar surface area (TPSA) is 65.2 Å². The molecule has 0 atom stereocenters. The molecule has 0 unspecified atom stereocenters. The molecular weight excluding hydrogens is 302 g/mol. The molecule has 3 rings (SSSR count). The Labute approximate surface area is 132 Å². The van der Waals surface area contributed by atoms with Gasteiger partial charge in [0.05, 0.1) is 11.0 Å². The van der Waals surface area contributed by atoms with Crippen LogP contribution >= 0.6 is 0 Å². The fourth-order valence-electron chi connectivity index (χ4n) is 2.66. The van der Waals surface area contributed by atoms with E-state index < -0.39 is 17.2 Å². The van der Waals surface area contributed by atoms with Gasteiger partial charge >= 0.3 is 0 Å². The average Bonchev–Trinajstić information content (AvgIpc) is 3.30. The largest absolute Gasteiger partial charge is 0.439 e. The lowest BCUT2D eigenvalue weighted by atomic mass is 9.90. The van der Waals surface area contributed by atoms with Gasteiger partial charge in [0.25, 0.3) is 5.92 Å². The highest BCUT2D eigenvalue weighted by Gasteiger charge is 2.59. The van der Waals surface area contributed by atoms with Crippen molar-refractivity contribution in [2.24, 2.45) is 5.73 Å². The third kappa shape index (κ3) is 2.88. The van der Waals surface area contributed by atoms with Crippen LogP contribution in [0.3, 0.4) is 0 Å². The number of nitrogens with two attached hydrogens (primary N) is 1. The zero-order chi connectivity index (χ0) is 16.7. The second-order valence-corrected chi connectivity index (χ2v) is 5.85. The summed E-state index contributed by atoms with van der Waals surface area (Å²) >= 11 is 0. The number of rotatable bonds is 5. The predicted octanol–water partition coefficient (Wildman–Crippen LogP) is 3.66. The van der Waals surface area contributed by atoms with Gasteiger partial charge in [-0.05, 0) is 36.6 Å². The van der Waals surface area contributed by atoms with E-state index in [-0.39, 0.29) is 5.56 Å². The van der Waals surface area contributed by atoms with E-state index in [2.05, 4.69) is 4.98 Å². The summed E-state index contributed by atoms with van der Waals surface area (Å²) in [5, 5.41) is 0. The van der Waals surface area contributed by atoms with Crippen molar-refractivity contribution in [1.29, 1.82) is 0 Å². The molecule has 1 fully saturated rings. The van der Waals surface area contributed by atoms with Gasteiger partial charge in [0.15, 0.2) is 0 Å². The van der Waals surface area contributed by atoms with Gasteiger partial charge in [0, 0.05) is 19.2 Å². The number of carbonyl (C=O) groups excluding carboxylic acids is 1. The summed E-state index contributed by atoms with van der Waals surface area (Å²) in [6.07, 6.45) is 2.31. The van der Waals surface area contributed by atoms with Gasteiger partial charge in [-0.1, -0.05) is 12.1 Å². The molecule has 2 aromatic rings. The fraction of sp³-hybridized carbons (Fsp3) is 0.294. The Hall–Kier alpha value is -2.50. The zero-order valence-corrected chi connectivity index (χ0v) is 12.6. The first-order valence-corrected chi connectivity index (χ1v) is 7.24. The molecule has 0 aliphatic heterocycles. The van der Waals surface area contributed by atoms with E-state index in [1.165, 1.54) is 18.3 Å². The molecule has 0 radical (unpaired) electrons. The molecule has 1 aliphatic carbocycles. The Morgan fingerprint density at radius 2 is 1.87 bits per heavy atom. The normalized spacial score (nSPS) is 16.0. The molecule has 1 aromatic heterocycles. The van der Waals surface area contributed by atoms with Crippen LogP contribution in [0.5, 0.6) is 11.6 Å². The SMILES string of the molecule is CC(F)(F)C1(c2ccc(Oc3ccc(C(N)=O)cn3)cc2)CC1. The number of aromatic nitrogens is 1. The maximum atomic E-state index is 13.7. The Kier molecular flexibility index (Phi) is 3.55. The van der Waals surface area contributed by atoms with E-state index in [4.69, 9.17) is 10.5 Å². The van der Waals surface area contributed by atoms with Gasteiger partial charge in [-0.3, -0.25) is 4.79 Å². The summed E-state index contributed by atoms with van der Waals surface area (Å²) in [6.45, 7) is 0.967. The van der Waals surface area contributed by atoms with Crippen molar-refractivity contribution in [2.45, 2.75) is 31.1 Å². The van der Waals surface area contributed by atoms with Crippen LogP contribution < -0.4 is 10.5 Å². The van der Waals surface area contributed by atoms with Crippen molar-refractivity contribution in [3.8, 4) is 11.6 Å². The van der Waals surface area contributed by atoms with E-state index >= 15 is 0 Å². The second-order valence-electron chi connectivity index (χ2n) is 5.85. The van der Waals surface area contributed by atoms with Crippen LogP contribution in [0.1, 0.15) is 35.7 Å². The molecule has 1 amide bonds. The lowest BCUT2D eigenvalue weighted by Crippen LogP contribution is -2.29. The highest BCUT2D eigenvalue weighted by atomic mass is 19.3. The summed E-state index contributed by atoms with van der Waals surface area (Å²) in [6, 6.07) is 9.65. The van der Waals surface area contributed by atoms with E-state index in [1.54, 1.807) is 24.3 Å². The summed E-state index contributed by atoms with van der Waals surface area (Å²) in [5.41, 5.74) is 5.00. The second kappa shape index (κ2) is 5.30. The third-order valence-electron chi connectivity index (χ3n) is 4.24. The lowest BCUT2D eigenvalue weighted by molar-refractivity contribution is -0.0200. The number of hydrogen-bond acceptors (Lipinski definition) is 3. The van der Waals surface area contributed by atoms with Gasteiger partial charge < -0.3 is 10.5 Å². The van der Waals surface area contributed by atoms with Crippen LogP contribution in [0.2, 0.25) is 0 Å². The molecule has 6 heteroatoms. The molecule has 1 aromatic carbocycles. The van der Waals surface area contributed by atoms with Gasteiger partial charge in [-0.15, -0.1) is 0 Å². The van der Waals surface area contributed by atoms with E-state index in [0.717, 1.165) is 6.92 Å². The quantitative estimate of drug-likeness (QED) is 0.915. The number of hydrogen-bond donors (Lipinski definition) is 1. The van der Waals surface area contributed by atoms with E-state index in [0.29, 0.717) is 30.0 Å². The molecule has 1 aliphatic rings. The van der Waals surface area contributed by atoms with Crippen molar-refractivity contribution < 1.29 is 18.3 Å². The van der Waals surface area contributed by atoms with Crippen molar-refractivity contribution in [1.82, 2.24) is 4.98 Å². The number of pyridine rings is 1. The first kappa shape index (κ1) is 15.4. The molecule has 2 N–H and O–H groups in total. The van der Waals surface area contributed by atoms with Crippen LogP contribution in [0, 0.1) is 0 Å². The van der Waals surface area contributed by atoms with Gasteiger partial charge in [-0.25, -0.2) is 13.8 Å². The Balaban J connectivity index is 1.74. The third-order valence-corrected chi connectivity index (χ3v) is 4.24. The van der Waals surface area contributed by atoms with Gasteiger partial charge in [0.1, 0.15) is 5.75 Å². The number of halogens is 2. The minimum atomic E-state index is -2.73. The monoisotopic (exact) mass is 318 g/mol. The predicted molar refractivity (Wildman–Crippen MR) is 80.8 cm³/mol. The zero-order valence-electron chi connectivity index (χ0n) is 12.6. The lowest BCUT2D eigenvalue weighted by Gasteiger charge is -2.23. The van der Waals surface area contributed by atoms with Crippen molar-refractivity contribution in [3.63, 3.8) is 0 Å². The number of alkyl halides is 2. The van der Waals surface area contributed by atoms with Gasteiger partial charge in [-0.2, -0.15) is 0 Å². The summed E-state index contributed by atoms with van der Waals surface area (Å²) < 4.78 is 33.0. The van der Waals surface area contributed by atoms with Gasteiger partial charge in [0.2, 0.25) is 11.8 Å². The number of primary amides is 1. The Bertz CT molecular complexity index is 718. The van der Waals surface area contributed by atoms with E-state index in [9.17, 15) is 13.6 Å². The Morgan fingerprint density at radius 3 is 2.30 bits per heavy atom. The summed E-state index contributed by atoms with van der Waals surface area (Å²) in [7, 11) is 0. The van der Waals surface area contributed by atoms with Crippen molar-refractivity contribution in [2.75, 3.05) is 0 Å². The van der Waals surface area contributed by atoms with Crippen LogP contribution in [0.25, 0.3) is 0 Å². The molecule has 120 valence electrons. The van der Waals surface area contributed by atoms with Crippen LogP contribution in [-0.2, 0) is 5.41 Å². The summed E-state index contributed by atoms with van der Waals surface area (Å²) in [4.78, 5) is 14.9. The van der Waals surface area contributed by atoms with Crippen LogP contribution in [0.15, 0.2) is 42.6 Å². The molecule has 0 bridgehead atoms.